The normalized spacial score (nSPS) is 16.2. The van der Waals surface area contributed by atoms with Crippen LogP contribution in [0.5, 0.6) is 0 Å². The van der Waals surface area contributed by atoms with Gasteiger partial charge < -0.3 is 10.1 Å². The minimum Gasteiger partial charge on any atom is -0.465 e. The predicted octanol–water partition coefficient (Wildman–Crippen LogP) is 2.50. The molecule has 5 nitrogen and oxygen atoms in total. The van der Waals surface area contributed by atoms with Crippen LogP contribution in [0.25, 0.3) is 0 Å². The third kappa shape index (κ3) is 2.50. The van der Waals surface area contributed by atoms with Gasteiger partial charge >= 0.3 is 5.97 Å². The third-order valence-corrected chi connectivity index (χ3v) is 3.69. The van der Waals surface area contributed by atoms with Crippen molar-refractivity contribution in [1.29, 1.82) is 5.26 Å². The molecule has 20 heavy (non-hydrogen) atoms. The Hall–Kier alpha value is -2.35. The Balaban J connectivity index is 2.24. The van der Waals surface area contributed by atoms with Crippen LogP contribution < -0.4 is 5.32 Å². The highest BCUT2D eigenvalue weighted by molar-refractivity contribution is 6.03. The lowest BCUT2D eigenvalue weighted by molar-refractivity contribution is -0.122. The van der Waals surface area contributed by atoms with E-state index in [1.54, 1.807) is 24.3 Å². The number of esters is 1. The molecule has 104 valence electrons. The number of anilines is 1. The Morgan fingerprint density at radius 3 is 2.55 bits per heavy atom. The zero-order valence-corrected chi connectivity index (χ0v) is 11.3. The summed E-state index contributed by atoms with van der Waals surface area (Å²) in [7, 11) is 1.29. The highest BCUT2D eigenvalue weighted by Gasteiger charge is 2.41. The first kappa shape index (κ1) is 14.1. The van der Waals surface area contributed by atoms with Crippen molar-refractivity contribution < 1.29 is 14.3 Å². The molecule has 2 rings (SSSR count). The highest BCUT2D eigenvalue weighted by atomic mass is 16.5. The quantitative estimate of drug-likeness (QED) is 0.857. The Bertz CT molecular complexity index is 569. The summed E-state index contributed by atoms with van der Waals surface area (Å²) in [6, 6.07) is 8.75. The SMILES string of the molecule is COC(=O)c1ccccc1NC(=O)C1(C#N)CCCC1. The summed E-state index contributed by atoms with van der Waals surface area (Å²) in [5.41, 5.74) is -0.302. The van der Waals surface area contributed by atoms with Crippen molar-refractivity contribution in [3.8, 4) is 6.07 Å². The summed E-state index contributed by atoms with van der Waals surface area (Å²) in [5, 5.41) is 12.0. The van der Waals surface area contributed by atoms with E-state index >= 15 is 0 Å². The predicted molar refractivity (Wildman–Crippen MR) is 72.9 cm³/mol. The lowest BCUT2D eigenvalue weighted by Crippen LogP contribution is -2.32. The minimum atomic E-state index is -0.969. The van der Waals surface area contributed by atoms with E-state index < -0.39 is 11.4 Å². The molecular weight excluding hydrogens is 256 g/mol. The van der Waals surface area contributed by atoms with E-state index in [4.69, 9.17) is 0 Å². The van der Waals surface area contributed by atoms with Gasteiger partial charge in [0.2, 0.25) is 5.91 Å². The van der Waals surface area contributed by atoms with Crippen LogP contribution >= 0.6 is 0 Å². The van der Waals surface area contributed by atoms with Gasteiger partial charge in [-0.25, -0.2) is 4.79 Å². The molecular formula is C15H16N2O3. The zero-order chi connectivity index (χ0) is 14.6. The molecule has 0 radical (unpaired) electrons. The zero-order valence-electron chi connectivity index (χ0n) is 11.3. The molecule has 5 heteroatoms. The van der Waals surface area contributed by atoms with Gasteiger partial charge in [0.15, 0.2) is 0 Å². The van der Waals surface area contributed by atoms with Crippen LogP contribution in [-0.2, 0) is 9.53 Å². The van der Waals surface area contributed by atoms with E-state index in [9.17, 15) is 14.9 Å². The maximum Gasteiger partial charge on any atom is 0.339 e. The van der Waals surface area contributed by atoms with Crippen LogP contribution in [0.15, 0.2) is 24.3 Å². The summed E-state index contributed by atoms with van der Waals surface area (Å²) < 4.78 is 4.68. The Labute approximate surface area is 117 Å². The maximum atomic E-state index is 12.3. The monoisotopic (exact) mass is 272 g/mol. The molecule has 1 saturated carbocycles. The van der Waals surface area contributed by atoms with Gasteiger partial charge in [0.05, 0.1) is 24.4 Å². The minimum absolute atomic E-state index is 0.287. The number of ether oxygens (including phenoxy) is 1. The number of nitrogens with zero attached hydrogens (tertiary/aromatic N) is 1. The summed E-state index contributed by atoms with van der Waals surface area (Å²) in [5.74, 6) is -0.854. The van der Waals surface area contributed by atoms with Gasteiger partial charge in [-0.3, -0.25) is 4.79 Å². The molecule has 0 spiro atoms. The van der Waals surface area contributed by atoms with Crippen molar-refractivity contribution in [2.45, 2.75) is 25.7 Å². The molecule has 1 aromatic carbocycles. The van der Waals surface area contributed by atoms with Gasteiger partial charge in [-0.15, -0.1) is 0 Å². The number of hydrogen-bond acceptors (Lipinski definition) is 4. The lowest BCUT2D eigenvalue weighted by Gasteiger charge is -2.20. The number of nitrogens with one attached hydrogen (secondary N) is 1. The van der Waals surface area contributed by atoms with Crippen molar-refractivity contribution in [3.63, 3.8) is 0 Å². The Morgan fingerprint density at radius 2 is 1.95 bits per heavy atom. The van der Waals surface area contributed by atoms with E-state index in [0.29, 0.717) is 18.5 Å². The van der Waals surface area contributed by atoms with Gasteiger partial charge in [0, 0.05) is 0 Å². The molecule has 0 saturated heterocycles. The number of benzene rings is 1. The number of amides is 1. The fourth-order valence-electron chi connectivity index (χ4n) is 2.49. The van der Waals surface area contributed by atoms with Gasteiger partial charge in [-0.1, -0.05) is 25.0 Å². The standard InChI is InChI=1S/C15H16N2O3/c1-20-13(18)11-6-2-3-7-12(11)17-14(19)15(10-16)8-4-5-9-15/h2-3,6-7H,4-5,8-9H2,1H3,(H,17,19). The number of para-hydroxylation sites is 1. The fraction of sp³-hybridized carbons (Fsp3) is 0.400. The van der Waals surface area contributed by atoms with Crippen molar-refractivity contribution in [2.24, 2.45) is 5.41 Å². The molecule has 0 aromatic heterocycles. The molecule has 1 aliphatic rings. The third-order valence-electron chi connectivity index (χ3n) is 3.69. The van der Waals surface area contributed by atoms with Crippen LogP contribution in [0.3, 0.4) is 0 Å². The smallest absolute Gasteiger partial charge is 0.339 e. The first-order valence-corrected chi connectivity index (χ1v) is 6.53. The molecule has 1 amide bonds. The van der Waals surface area contributed by atoms with E-state index in [0.717, 1.165) is 12.8 Å². The van der Waals surface area contributed by atoms with Gasteiger partial charge in [-0.05, 0) is 25.0 Å². The van der Waals surface area contributed by atoms with Crippen molar-refractivity contribution >= 4 is 17.6 Å². The van der Waals surface area contributed by atoms with Crippen molar-refractivity contribution in [3.05, 3.63) is 29.8 Å². The Kier molecular flexibility index (Phi) is 4.04. The van der Waals surface area contributed by atoms with Gasteiger partial charge in [0.1, 0.15) is 5.41 Å². The fourth-order valence-corrected chi connectivity index (χ4v) is 2.49. The van der Waals surface area contributed by atoms with Crippen LogP contribution in [0, 0.1) is 16.7 Å². The van der Waals surface area contributed by atoms with E-state index in [2.05, 4.69) is 16.1 Å². The summed E-state index contributed by atoms with van der Waals surface area (Å²) >= 11 is 0. The number of rotatable bonds is 3. The molecule has 1 N–H and O–H groups in total. The number of carbonyl (C=O) groups excluding carboxylic acids is 2. The van der Waals surface area contributed by atoms with E-state index in [1.165, 1.54) is 7.11 Å². The highest BCUT2D eigenvalue weighted by Crippen LogP contribution is 2.38. The summed E-state index contributed by atoms with van der Waals surface area (Å²) in [4.78, 5) is 24.0. The molecule has 0 bridgehead atoms. The van der Waals surface area contributed by atoms with Crippen LogP contribution in [0.2, 0.25) is 0 Å². The van der Waals surface area contributed by atoms with Crippen LogP contribution in [-0.4, -0.2) is 19.0 Å². The topological polar surface area (TPSA) is 79.2 Å². The first-order chi connectivity index (χ1) is 9.63. The maximum absolute atomic E-state index is 12.3. The van der Waals surface area contributed by atoms with Crippen molar-refractivity contribution in [1.82, 2.24) is 0 Å². The average molecular weight is 272 g/mol. The number of methoxy groups -OCH3 is 1. The number of carbonyl (C=O) groups is 2. The van der Waals surface area contributed by atoms with E-state index in [-0.39, 0.29) is 11.5 Å². The molecule has 0 aliphatic heterocycles. The second-order valence-corrected chi connectivity index (χ2v) is 4.89. The summed E-state index contributed by atoms with van der Waals surface area (Å²) in [6.45, 7) is 0. The van der Waals surface area contributed by atoms with Crippen molar-refractivity contribution in [2.75, 3.05) is 12.4 Å². The molecule has 0 heterocycles. The molecule has 1 fully saturated rings. The molecule has 1 aliphatic carbocycles. The summed E-state index contributed by atoms with van der Waals surface area (Å²) in [6.07, 6.45) is 2.88. The molecule has 0 atom stereocenters. The van der Waals surface area contributed by atoms with Crippen LogP contribution in [0.1, 0.15) is 36.0 Å². The molecule has 1 aromatic rings. The Morgan fingerprint density at radius 1 is 1.30 bits per heavy atom. The van der Waals surface area contributed by atoms with E-state index in [1.807, 2.05) is 0 Å². The second-order valence-electron chi connectivity index (χ2n) is 4.89. The number of nitriles is 1. The number of hydrogen-bond donors (Lipinski definition) is 1. The van der Waals surface area contributed by atoms with Gasteiger partial charge in [0.25, 0.3) is 0 Å². The first-order valence-electron chi connectivity index (χ1n) is 6.53. The second kappa shape index (κ2) is 5.74. The lowest BCUT2D eigenvalue weighted by atomic mass is 9.87. The average Bonchev–Trinajstić information content (AvgIpc) is 2.97. The molecule has 0 unspecified atom stereocenters. The van der Waals surface area contributed by atoms with Crippen LogP contribution in [0.4, 0.5) is 5.69 Å². The largest absolute Gasteiger partial charge is 0.465 e. The van der Waals surface area contributed by atoms with Gasteiger partial charge in [-0.2, -0.15) is 5.26 Å².